The normalized spacial score (nSPS) is 20.1. The average molecular weight is 505 g/mol. The monoisotopic (exact) mass is 505 g/mol. The Kier molecular flexibility index (Phi) is 6.07. The van der Waals surface area contributed by atoms with Crippen LogP contribution in [0.2, 0.25) is 0 Å². The van der Waals surface area contributed by atoms with E-state index in [1.54, 1.807) is 16.8 Å². The smallest absolute Gasteiger partial charge is 0.404 e. The van der Waals surface area contributed by atoms with E-state index >= 15 is 0 Å². The van der Waals surface area contributed by atoms with Gasteiger partial charge in [0, 0.05) is 66.2 Å². The van der Waals surface area contributed by atoms with E-state index in [2.05, 4.69) is 32.4 Å². The topological polar surface area (TPSA) is 114 Å². The summed E-state index contributed by atoms with van der Waals surface area (Å²) in [4.78, 5) is 17.4. The van der Waals surface area contributed by atoms with Crippen molar-refractivity contribution in [2.24, 2.45) is 0 Å². The molecule has 2 N–H and O–H groups in total. The van der Waals surface area contributed by atoms with Gasteiger partial charge in [-0.2, -0.15) is 0 Å². The first-order valence-corrected chi connectivity index (χ1v) is 11.0. The Bertz CT molecular complexity index is 1280. The molecule has 4 aliphatic rings. The molecule has 0 unspecified atom stereocenters. The maximum atomic E-state index is 10.7. The maximum absolute atomic E-state index is 10.7. The van der Waals surface area contributed by atoms with Gasteiger partial charge in [-0.3, -0.25) is 0 Å². The number of hydrogen-bond donors (Lipinski definition) is 2. The molecule has 4 heterocycles. The van der Waals surface area contributed by atoms with E-state index in [0.717, 1.165) is 47.0 Å². The van der Waals surface area contributed by atoms with E-state index in [1.807, 2.05) is 18.3 Å². The number of aromatic nitrogens is 3. The number of rotatable bonds is 5. The first-order valence-electron chi connectivity index (χ1n) is 11.0. The predicted octanol–water partition coefficient (Wildman–Crippen LogP) is 3.11. The van der Waals surface area contributed by atoms with Crippen LogP contribution < -0.4 is 15.0 Å². The number of carbonyl (C=O) groups is 1. The molecule has 34 heavy (non-hydrogen) atoms. The standard InChI is InChI=1S/C23H23N5O5.Fe/c29-23(30)25-16-11-17(12-16)33-21-2-1-20-24-13-19(28(20)26-21)15-9-14-3-6-32-22(18(14)10-15)27-4-7-31-8-5-27;/h1-3,6,9-10,13,16-17,25H,4-5,7-8,11-12H2,(H,29,30);. The number of anilines is 1. The van der Waals surface area contributed by atoms with Gasteiger partial charge >= 0.3 is 6.09 Å². The van der Waals surface area contributed by atoms with Gasteiger partial charge in [-0.25, -0.2) is 14.3 Å². The van der Waals surface area contributed by atoms with Crippen LogP contribution in [0.15, 0.2) is 47.2 Å². The van der Waals surface area contributed by atoms with Gasteiger partial charge in [0.2, 0.25) is 11.8 Å². The summed E-state index contributed by atoms with van der Waals surface area (Å²) in [5.74, 6) is 1.34. The third kappa shape index (κ3) is 4.18. The quantitative estimate of drug-likeness (QED) is 0.398. The Morgan fingerprint density at radius 3 is 2.76 bits per heavy atom. The summed E-state index contributed by atoms with van der Waals surface area (Å²) in [5, 5.41) is 15.9. The number of nitrogens with zero attached hydrogens (tertiary/aromatic N) is 4. The van der Waals surface area contributed by atoms with Crippen LogP contribution in [0.3, 0.4) is 0 Å². The molecule has 0 bridgehead atoms. The summed E-state index contributed by atoms with van der Waals surface area (Å²) in [6.07, 6.45) is 3.73. The number of amides is 1. The van der Waals surface area contributed by atoms with Gasteiger partial charge in [0.15, 0.2) is 5.65 Å². The van der Waals surface area contributed by atoms with Crippen LogP contribution in [-0.2, 0) is 21.8 Å². The molecular weight excluding hydrogens is 482 g/mol. The van der Waals surface area contributed by atoms with Crippen LogP contribution in [0.1, 0.15) is 12.8 Å². The van der Waals surface area contributed by atoms with Gasteiger partial charge < -0.3 is 29.2 Å². The second-order valence-electron chi connectivity index (χ2n) is 8.38. The van der Waals surface area contributed by atoms with Crippen molar-refractivity contribution in [3.63, 3.8) is 0 Å². The molecule has 0 atom stereocenters. The number of ether oxygens (including phenoxy) is 2. The van der Waals surface area contributed by atoms with Crippen LogP contribution in [-0.4, -0.2) is 64.2 Å². The molecule has 6 rings (SSSR count). The Morgan fingerprint density at radius 2 is 1.97 bits per heavy atom. The van der Waals surface area contributed by atoms with E-state index in [1.165, 1.54) is 0 Å². The zero-order valence-corrected chi connectivity index (χ0v) is 19.3. The number of morpholine rings is 1. The summed E-state index contributed by atoms with van der Waals surface area (Å²) in [7, 11) is 0. The Balaban J connectivity index is 0.00000241. The molecule has 0 radical (unpaired) electrons. The fourth-order valence-corrected chi connectivity index (χ4v) is 4.48. The Labute approximate surface area is 205 Å². The van der Waals surface area contributed by atoms with Gasteiger partial charge in [-0.1, -0.05) is 0 Å². The summed E-state index contributed by atoms with van der Waals surface area (Å²) < 4.78 is 19.1. The van der Waals surface area contributed by atoms with Gasteiger partial charge in [-0.15, -0.1) is 5.10 Å². The predicted molar refractivity (Wildman–Crippen MR) is 119 cm³/mol. The molecule has 2 fully saturated rings. The second-order valence-corrected chi connectivity index (χ2v) is 8.38. The third-order valence-corrected chi connectivity index (χ3v) is 6.22. The zero-order valence-electron chi connectivity index (χ0n) is 18.2. The van der Waals surface area contributed by atoms with Crippen molar-refractivity contribution in [2.75, 3.05) is 31.2 Å². The van der Waals surface area contributed by atoms with Crippen LogP contribution in [0.5, 0.6) is 5.88 Å². The molecule has 10 nitrogen and oxygen atoms in total. The van der Waals surface area contributed by atoms with Gasteiger partial charge in [0.05, 0.1) is 31.4 Å². The average Bonchev–Trinajstić information content (AvgIpc) is 3.41. The number of fused-ring (bicyclic) bond motifs is 2. The number of hydrogen-bond acceptors (Lipinski definition) is 7. The summed E-state index contributed by atoms with van der Waals surface area (Å²) in [6, 6.07) is 9.78. The molecule has 1 saturated carbocycles. The first-order chi connectivity index (χ1) is 16.1. The van der Waals surface area contributed by atoms with Crippen molar-refractivity contribution in [2.45, 2.75) is 25.0 Å². The molecule has 1 amide bonds. The number of imidazole rings is 1. The van der Waals surface area contributed by atoms with Gasteiger partial charge in [0.25, 0.3) is 0 Å². The molecule has 178 valence electrons. The fourth-order valence-electron chi connectivity index (χ4n) is 4.48. The SMILES string of the molecule is O=C(O)NC1CC(Oc2ccc3ncc(-c4cc5ccoc(N6CCOCC6)c-5c4)n3n2)C1.[Fe]. The summed E-state index contributed by atoms with van der Waals surface area (Å²) in [6.45, 7) is 2.97. The van der Waals surface area contributed by atoms with Crippen LogP contribution in [0, 0.1) is 0 Å². The van der Waals surface area contributed by atoms with E-state index in [-0.39, 0.29) is 29.2 Å². The minimum atomic E-state index is -1.01. The van der Waals surface area contributed by atoms with E-state index in [0.29, 0.717) is 31.9 Å². The van der Waals surface area contributed by atoms with Crippen LogP contribution in [0.4, 0.5) is 10.7 Å². The van der Waals surface area contributed by atoms with E-state index < -0.39 is 6.09 Å². The third-order valence-electron chi connectivity index (χ3n) is 6.22. The van der Waals surface area contributed by atoms with Crippen molar-refractivity contribution in [1.82, 2.24) is 19.9 Å². The van der Waals surface area contributed by atoms with E-state index in [4.69, 9.17) is 19.0 Å². The van der Waals surface area contributed by atoms with E-state index in [9.17, 15) is 4.79 Å². The van der Waals surface area contributed by atoms with Crippen molar-refractivity contribution >= 4 is 17.6 Å². The van der Waals surface area contributed by atoms with Crippen LogP contribution in [0.25, 0.3) is 28.0 Å². The summed E-state index contributed by atoms with van der Waals surface area (Å²) >= 11 is 0. The molecule has 0 spiro atoms. The number of nitrogens with one attached hydrogen (secondary N) is 1. The molecule has 0 aromatic carbocycles. The maximum Gasteiger partial charge on any atom is 0.404 e. The molecule has 2 aliphatic carbocycles. The molecule has 2 aliphatic heterocycles. The van der Waals surface area contributed by atoms with Crippen molar-refractivity contribution in [3.8, 4) is 28.3 Å². The largest absolute Gasteiger partial charge is 0.473 e. The summed E-state index contributed by atoms with van der Waals surface area (Å²) in [5.41, 5.74) is 4.71. The first kappa shape index (κ1) is 22.5. The molecule has 11 heteroatoms. The van der Waals surface area contributed by atoms with Crippen molar-refractivity contribution < 1.29 is 40.9 Å². The molecule has 2 aromatic heterocycles. The Morgan fingerprint density at radius 1 is 1.15 bits per heavy atom. The minimum absolute atomic E-state index is 0. The molecule has 1 saturated heterocycles. The number of carboxylic acid groups (broad SMARTS) is 1. The molecular formula is C23H23FeN5O5. The van der Waals surface area contributed by atoms with Crippen molar-refractivity contribution in [3.05, 3.63) is 42.8 Å². The van der Waals surface area contributed by atoms with Crippen molar-refractivity contribution in [1.29, 1.82) is 0 Å². The second kappa shape index (κ2) is 9.17. The zero-order chi connectivity index (χ0) is 22.4. The molecule has 2 aromatic rings. The minimum Gasteiger partial charge on any atom is -0.473 e. The van der Waals surface area contributed by atoms with Crippen LogP contribution >= 0.6 is 0 Å². The van der Waals surface area contributed by atoms with Gasteiger partial charge in [0.1, 0.15) is 6.10 Å². The fraction of sp³-hybridized carbons (Fsp3) is 0.348. The van der Waals surface area contributed by atoms with Gasteiger partial charge in [-0.05, 0) is 29.8 Å². The Hall–Kier alpha value is -3.27.